The molecule has 1 atom stereocenters. The van der Waals surface area contributed by atoms with Gasteiger partial charge in [0.05, 0.1) is 4.70 Å². The summed E-state index contributed by atoms with van der Waals surface area (Å²) in [4.78, 5) is 25.5. The molecule has 1 N–H and O–H groups in total. The zero-order chi connectivity index (χ0) is 17.4. The standard InChI is InChI=1S/C19H14N2O3S/c22-15-9-12(11-5-2-1-3-6-11)10-16(23)17(15)18(24)13-7-4-8-14-19(13)25-21-20-14/h1-8,12,22H,9-10H2. The van der Waals surface area contributed by atoms with Crippen LogP contribution in [0.3, 0.4) is 0 Å². The smallest absolute Gasteiger partial charge is 0.201 e. The Kier molecular flexibility index (Phi) is 3.89. The van der Waals surface area contributed by atoms with Crippen molar-refractivity contribution < 1.29 is 14.7 Å². The fourth-order valence-corrected chi connectivity index (χ4v) is 3.90. The molecule has 0 bridgehead atoms. The summed E-state index contributed by atoms with van der Waals surface area (Å²) < 4.78 is 4.49. The molecule has 124 valence electrons. The molecule has 1 aliphatic carbocycles. The lowest BCUT2D eigenvalue weighted by Gasteiger charge is -2.23. The van der Waals surface area contributed by atoms with Crippen LogP contribution in [0.2, 0.25) is 0 Å². The molecule has 1 unspecified atom stereocenters. The molecule has 5 nitrogen and oxygen atoms in total. The Morgan fingerprint density at radius 1 is 1.08 bits per heavy atom. The van der Waals surface area contributed by atoms with E-state index in [4.69, 9.17) is 0 Å². The number of rotatable bonds is 3. The third kappa shape index (κ3) is 2.74. The topological polar surface area (TPSA) is 80.1 Å². The molecule has 25 heavy (non-hydrogen) atoms. The first-order valence-corrected chi connectivity index (χ1v) is 8.68. The number of hydrogen-bond acceptors (Lipinski definition) is 6. The normalized spacial score (nSPS) is 17.9. The van der Waals surface area contributed by atoms with Gasteiger partial charge in [-0.2, -0.15) is 0 Å². The summed E-state index contributed by atoms with van der Waals surface area (Å²) in [6, 6.07) is 14.7. The van der Waals surface area contributed by atoms with Gasteiger partial charge in [-0.3, -0.25) is 9.59 Å². The Morgan fingerprint density at radius 3 is 2.64 bits per heavy atom. The molecule has 0 spiro atoms. The molecule has 2 aromatic carbocycles. The van der Waals surface area contributed by atoms with Gasteiger partial charge in [0.2, 0.25) is 5.78 Å². The third-order valence-electron chi connectivity index (χ3n) is 4.46. The molecule has 0 saturated heterocycles. The molecule has 1 heterocycles. The number of benzene rings is 2. The number of aromatic nitrogens is 2. The van der Waals surface area contributed by atoms with Gasteiger partial charge in [0.15, 0.2) is 5.78 Å². The molecule has 0 aliphatic heterocycles. The van der Waals surface area contributed by atoms with Crippen molar-refractivity contribution in [3.63, 3.8) is 0 Å². The number of nitrogens with zero attached hydrogens (tertiary/aromatic N) is 2. The van der Waals surface area contributed by atoms with Crippen molar-refractivity contribution in [2.24, 2.45) is 0 Å². The minimum atomic E-state index is -0.453. The van der Waals surface area contributed by atoms with Crippen molar-refractivity contribution in [1.29, 1.82) is 0 Å². The molecule has 3 aromatic rings. The Balaban J connectivity index is 1.71. The van der Waals surface area contributed by atoms with Crippen LogP contribution in [0.5, 0.6) is 0 Å². The van der Waals surface area contributed by atoms with E-state index in [-0.39, 0.29) is 35.9 Å². The maximum atomic E-state index is 12.9. The van der Waals surface area contributed by atoms with Gasteiger partial charge in [-0.15, -0.1) is 5.10 Å². The average Bonchev–Trinajstić information content (AvgIpc) is 3.10. The van der Waals surface area contributed by atoms with Gasteiger partial charge >= 0.3 is 0 Å². The number of aliphatic hydroxyl groups excluding tert-OH is 1. The minimum absolute atomic E-state index is 0.104. The SMILES string of the molecule is O=C1CC(c2ccccc2)CC(O)=C1C(=O)c1cccc2nnsc12. The molecule has 4 rings (SSSR count). The number of Topliss-reactive ketones (excluding diaryl/α,β-unsaturated/α-hetero) is 2. The predicted molar refractivity (Wildman–Crippen MR) is 94.8 cm³/mol. The van der Waals surface area contributed by atoms with Crippen LogP contribution in [0.25, 0.3) is 10.2 Å². The summed E-state index contributed by atoms with van der Waals surface area (Å²) in [6.07, 6.45) is 0.500. The van der Waals surface area contributed by atoms with Gasteiger partial charge in [-0.1, -0.05) is 40.9 Å². The highest BCUT2D eigenvalue weighted by molar-refractivity contribution is 7.13. The van der Waals surface area contributed by atoms with Crippen LogP contribution in [0.15, 0.2) is 59.9 Å². The van der Waals surface area contributed by atoms with Crippen molar-refractivity contribution in [2.45, 2.75) is 18.8 Å². The van der Waals surface area contributed by atoms with Crippen molar-refractivity contribution >= 4 is 33.3 Å². The maximum absolute atomic E-state index is 12.9. The van der Waals surface area contributed by atoms with Crippen LogP contribution in [-0.4, -0.2) is 26.3 Å². The second-order valence-corrected chi connectivity index (χ2v) is 6.77. The number of fused-ring (bicyclic) bond motifs is 1. The predicted octanol–water partition coefficient (Wildman–Crippen LogP) is 3.83. The number of aliphatic hydroxyl groups is 1. The van der Waals surface area contributed by atoms with E-state index in [1.807, 2.05) is 30.3 Å². The van der Waals surface area contributed by atoms with E-state index >= 15 is 0 Å². The monoisotopic (exact) mass is 350 g/mol. The number of allylic oxidation sites excluding steroid dienone is 2. The summed E-state index contributed by atoms with van der Waals surface area (Å²) in [5.41, 5.74) is 1.86. The Labute approximate surface area is 147 Å². The lowest BCUT2D eigenvalue weighted by molar-refractivity contribution is -0.116. The molecule has 0 fully saturated rings. The maximum Gasteiger partial charge on any atom is 0.201 e. The van der Waals surface area contributed by atoms with E-state index in [1.165, 1.54) is 0 Å². The quantitative estimate of drug-likeness (QED) is 0.573. The highest BCUT2D eigenvalue weighted by Crippen LogP contribution is 2.35. The van der Waals surface area contributed by atoms with Crippen LogP contribution in [0.4, 0.5) is 0 Å². The summed E-state index contributed by atoms with van der Waals surface area (Å²) in [5.74, 6) is -1.02. The highest BCUT2D eigenvalue weighted by atomic mass is 32.1. The third-order valence-corrected chi connectivity index (χ3v) is 5.23. The van der Waals surface area contributed by atoms with Gasteiger partial charge in [-0.05, 0) is 35.1 Å². The van der Waals surface area contributed by atoms with E-state index in [2.05, 4.69) is 9.59 Å². The highest BCUT2D eigenvalue weighted by Gasteiger charge is 2.33. The molecule has 1 aromatic heterocycles. The molecular weight excluding hydrogens is 336 g/mol. The molecular formula is C19H14N2O3S. The van der Waals surface area contributed by atoms with Crippen molar-refractivity contribution in [3.8, 4) is 0 Å². The summed E-state index contributed by atoms with van der Waals surface area (Å²) >= 11 is 1.11. The summed E-state index contributed by atoms with van der Waals surface area (Å²) in [6.45, 7) is 0. The number of ketones is 2. The van der Waals surface area contributed by atoms with Crippen LogP contribution in [0, 0.1) is 0 Å². The van der Waals surface area contributed by atoms with Crippen LogP contribution >= 0.6 is 11.5 Å². The Hall–Kier alpha value is -2.86. The molecule has 0 radical (unpaired) electrons. The van der Waals surface area contributed by atoms with Crippen molar-refractivity contribution in [1.82, 2.24) is 9.59 Å². The fraction of sp³-hybridized carbons (Fsp3) is 0.158. The van der Waals surface area contributed by atoms with Crippen molar-refractivity contribution in [3.05, 3.63) is 71.0 Å². The Morgan fingerprint density at radius 2 is 1.88 bits per heavy atom. The van der Waals surface area contributed by atoms with E-state index < -0.39 is 5.78 Å². The summed E-state index contributed by atoms with van der Waals surface area (Å²) in [7, 11) is 0. The van der Waals surface area contributed by atoms with Gasteiger partial charge < -0.3 is 5.11 Å². The molecule has 1 aliphatic rings. The van der Waals surface area contributed by atoms with Gasteiger partial charge in [-0.25, -0.2) is 0 Å². The second-order valence-electron chi connectivity index (χ2n) is 6.02. The molecule has 6 heteroatoms. The van der Waals surface area contributed by atoms with Crippen LogP contribution in [0.1, 0.15) is 34.7 Å². The molecule has 0 amide bonds. The number of carbonyl (C=O) groups is 2. The van der Waals surface area contributed by atoms with Gasteiger partial charge in [0.1, 0.15) is 16.8 Å². The van der Waals surface area contributed by atoms with E-state index in [9.17, 15) is 14.7 Å². The largest absolute Gasteiger partial charge is 0.511 e. The van der Waals surface area contributed by atoms with Gasteiger partial charge in [0.25, 0.3) is 0 Å². The Bertz CT molecular complexity index is 1010. The lowest BCUT2D eigenvalue weighted by Crippen LogP contribution is -2.23. The zero-order valence-corrected chi connectivity index (χ0v) is 14.0. The first-order valence-electron chi connectivity index (χ1n) is 7.91. The fourth-order valence-electron chi connectivity index (χ4n) is 3.23. The van der Waals surface area contributed by atoms with Crippen LogP contribution < -0.4 is 0 Å². The number of hydrogen-bond donors (Lipinski definition) is 1. The van der Waals surface area contributed by atoms with E-state index in [1.54, 1.807) is 18.2 Å². The number of carbonyl (C=O) groups excluding carboxylic acids is 2. The van der Waals surface area contributed by atoms with Gasteiger partial charge in [0, 0.05) is 18.4 Å². The average molecular weight is 350 g/mol. The minimum Gasteiger partial charge on any atom is -0.511 e. The molecule has 0 saturated carbocycles. The second kappa shape index (κ2) is 6.22. The zero-order valence-electron chi connectivity index (χ0n) is 13.2. The van der Waals surface area contributed by atoms with Crippen LogP contribution in [-0.2, 0) is 4.79 Å². The van der Waals surface area contributed by atoms with E-state index in [0.29, 0.717) is 15.8 Å². The lowest BCUT2D eigenvalue weighted by atomic mass is 9.80. The summed E-state index contributed by atoms with van der Waals surface area (Å²) in [5, 5.41) is 14.4. The first-order chi connectivity index (χ1) is 12.1. The first kappa shape index (κ1) is 15.7. The van der Waals surface area contributed by atoms with E-state index in [0.717, 1.165) is 17.1 Å². The van der Waals surface area contributed by atoms with Crippen molar-refractivity contribution in [2.75, 3.05) is 0 Å².